The molecule has 7 heteroatoms. The maximum atomic E-state index is 12.5. The predicted molar refractivity (Wildman–Crippen MR) is 56.5 cm³/mol. The molecule has 0 unspecified atom stereocenters. The summed E-state index contributed by atoms with van der Waals surface area (Å²) in [4.78, 5) is 11.2. The minimum atomic E-state index is -4.66. The van der Waals surface area contributed by atoms with Crippen molar-refractivity contribution in [2.75, 3.05) is 5.88 Å². The number of benzene rings is 1. The molecule has 88 valence electrons. The first kappa shape index (κ1) is 13.6. The van der Waals surface area contributed by atoms with Crippen molar-refractivity contribution in [2.24, 2.45) is 0 Å². The van der Waals surface area contributed by atoms with Crippen LogP contribution in [0, 0.1) is 0 Å². The second-order valence-corrected chi connectivity index (χ2v) is 3.95. The topological polar surface area (TPSA) is 17.1 Å². The summed E-state index contributed by atoms with van der Waals surface area (Å²) >= 11 is 16.2. The molecular weight excluding hydrogens is 287 g/mol. The Bertz CT molecular complexity index is 429. The summed E-state index contributed by atoms with van der Waals surface area (Å²) in [6.07, 6.45) is -4.66. The van der Waals surface area contributed by atoms with Crippen LogP contribution in [-0.4, -0.2) is 11.7 Å². The van der Waals surface area contributed by atoms with Crippen molar-refractivity contribution in [1.82, 2.24) is 0 Å². The molecule has 0 aliphatic rings. The Morgan fingerprint density at radius 1 is 1.25 bits per heavy atom. The zero-order valence-electron chi connectivity index (χ0n) is 7.54. The molecule has 0 aromatic heterocycles. The van der Waals surface area contributed by atoms with Gasteiger partial charge in [-0.3, -0.25) is 4.79 Å². The minimum Gasteiger partial charge on any atom is -0.293 e. The number of carbonyl (C=O) groups is 1. The molecule has 0 radical (unpaired) electrons. The number of hydrogen-bond acceptors (Lipinski definition) is 1. The molecule has 0 aliphatic carbocycles. The Morgan fingerprint density at radius 2 is 1.81 bits per heavy atom. The van der Waals surface area contributed by atoms with Crippen LogP contribution in [0.2, 0.25) is 10.0 Å². The SMILES string of the molecule is O=C(CCl)c1cc(Cl)cc(C(F)(F)F)c1Cl. The van der Waals surface area contributed by atoms with E-state index in [0.717, 1.165) is 6.07 Å². The molecule has 1 aromatic carbocycles. The molecule has 0 atom stereocenters. The van der Waals surface area contributed by atoms with Gasteiger partial charge in [-0.1, -0.05) is 23.2 Å². The van der Waals surface area contributed by atoms with E-state index in [0.29, 0.717) is 6.07 Å². The van der Waals surface area contributed by atoms with Gasteiger partial charge >= 0.3 is 6.18 Å². The normalized spacial score (nSPS) is 11.6. The van der Waals surface area contributed by atoms with Gasteiger partial charge in [0, 0.05) is 10.6 Å². The monoisotopic (exact) mass is 290 g/mol. The van der Waals surface area contributed by atoms with E-state index in [2.05, 4.69) is 0 Å². The van der Waals surface area contributed by atoms with Crippen molar-refractivity contribution in [3.05, 3.63) is 33.3 Å². The van der Waals surface area contributed by atoms with E-state index in [4.69, 9.17) is 34.8 Å². The number of halogens is 6. The lowest BCUT2D eigenvalue weighted by Crippen LogP contribution is -2.10. The number of hydrogen-bond donors (Lipinski definition) is 0. The van der Waals surface area contributed by atoms with Gasteiger partial charge in [0.2, 0.25) is 0 Å². The minimum absolute atomic E-state index is 0.217. The molecule has 1 rings (SSSR count). The van der Waals surface area contributed by atoms with Crippen molar-refractivity contribution >= 4 is 40.6 Å². The van der Waals surface area contributed by atoms with Gasteiger partial charge in [0.15, 0.2) is 5.78 Å². The molecule has 1 nitrogen and oxygen atoms in total. The zero-order chi connectivity index (χ0) is 12.5. The maximum Gasteiger partial charge on any atom is 0.417 e. The molecule has 0 saturated carbocycles. The van der Waals surface area contributed by atoms with E-state index in [1.54, 1.807) is 0 Å². The van der Waals surface area contributed by atoms with E-state index >= 15 is 0 Å². The third kappa shape index (κ3) is 2.81. The quantitative estimate of drug-likeness (QED) is 0.582. The summed E-state index contributed by atoms with van der Waals surface area (Å²) in [5.41, 5.74) is -1.47. The summed E-state index contributed by atoms with van der Waals surface area (Å²) in [5, 5.41) is -0.896. The van der Waals surface area contributed by atoms with Crippen molar-refractivity contribution in [3.63, 3.8) is 0 Å². The van der Waals surface area contributed by atoms with Crippen molar-refractivity contribution < 1.29 is 18.0 Å². The molecule has 0 saturated heterocycles. The largest absolute Gasteiger partial charge is 0.417 e. The molecular formula is C9H4Cl3F3O. The molecule has 0 amide bonds. The van der Waals surface area contributed by atoms with Crippen LogP contribution in [0.1, 0.15) is 15.9 Å². The Kier molecular flexibility index (Phi) is 4.10. The van der Waals surface area contributed by atoms with Gasteiger partial charge < -0.3 is 0 Å². The van der Waals surface area contributed by atoms with Crippen molar-refractivity contribution in [3.8, 4) is 0 Å². The van der Waals surface area contributed by atoms with Gasteiger partial charge in [-0.05, 0) is 12.1 Å². The van der Waals surface area contributed by atoms with Gasteiger partial charge in [-0.15, -0.1) is 11.6 Å². The Balaban J connectivity index is 3.44. The average Bonchev–Trinajstić information content (AvgIpc) is 2.18. The van der Waals surface area contributed by atoms with E-state index in [-0.39, 0.29) is 10.6 Å². The first-order chi connectivity index (χ1) is 7.27. The average molecular weight is 291 g/mol. The Morgan fingerprint density at radius 3 is 2.25 bits per heavy atom. The lowest BCUT2D eigenvalue weighted by atomic mass is 10.1. The molecule has 0 aliphatic heterocycles. The molecule has 0 N–H and O–H groups in total. The van der Waals surface area contributed by atoms with Crippen LogP contribution in [0.4, 0.5) is 13.2 Å². The number of carbonyl (C=O) groups excluding carboxylic acids is 1. The van der Waals surface area contributed by atoms with Gasteiger partial charge in [0.1, 0.15) is 0 Å². The smallest absolute Gasteiger partial charge is 0.293 e. The molecule has 0 heterocycles. The highest BCUT2D eigenvalue weighted by Gasteiger charge is 2.35. The maximum absolute atomic E-state index is 12.5. The van der Waals surface area contributed by atoms with Crippen LogP contribution in [0.5, 0.6) is 0 Å². The third-order valence-corrected chi connectivity index (χ3v) is 2.63. The van der Waals surface area contributed by atoms with Crippen LogP contribution in [0.15, 0.2) is 12.1 Å². The van der Waals surface area contributed by atoms with Gasteiger partial charge in [0.25, 0.3) is 0 Å². The van der Waals surface area contributed by atoms with Crippen LogP contribution < -0.4 is 0 Å². The highest BCUT2D eigenvalue weighted by atomic mass is 35.5. The summed E-state index contributed by atoms with van der Waals surface area (Å²) in [6.45, 7) is 0. The second-order valence-electron chi connectivity index (χ2n) is 2.87. The summed E-state index contributed by atoms with van der Waals surface area (Å²) in [5.74, 6) is -1.17. The number of rotatable bonds is 2. The lowest BCUT2D eigenvalue weighted by molar-refractivity contribution is -0.137. The van der Waals surface area contributed by atoms with Gasteiger partial charge in [-0.25, -0.2) is 0 Å². The fourth-order valence-corrected chi connectivity index (χ4v) is 1.75. The highest BCUT2D eigenvalue weighted by molar-refractivity contribution is 6.39. The molecule has 1 aromatic rings. The zero-order valence-corrected chi connectivity index (χ0v) is 9.81. The molecule has 0 bridgehead atoms. The van der Waals surface area contributed by atoms with Crippen LogP contribution >= 0.6 is 34.8 Å². The van der Waals surface area contributed by atoms with E-state index in [9.17, 15) is 18.0 Å². The lowest BCUT2D eigenvalue weighted by Gasteiger charge is -2.12. The Hall–Kier alpha value is -0.450. The van der Waals surface area contributed by atoms with E-state index in [1.807, 2.05) is 0 Å². The summed E-state index contributed by atoms with van der Waals surface area (Å²) in [7, 11) is 0. The van der Waals surface area contributed by atoms with E-state index in [1.165, 1.54) is 0 Å². The van der Waals surface area contributed by atoms with Gasteiger partial charge in [-0.2, -0.15) is 13.2 Å². The molecule has 0 spiro atoms. The number of Topliss-reactive ketones (excluding diaryl/α,β-unsaturated/α-hetero) is 1. The number of alkyl halides is 4. The van der Waals surface area contributed by atoms with E-state index < -0.39 is 28.4 Å². The molecule has 0 fully saturated rings. The summed E-state index contributed by atoms with van der Waals surface area (Å²) < 4.78 is 37.5. The number of ketones is 1. The highest BCUT2D eigenvalue weighted by Crippen LogP contribution is 2.38. The second kappa shape index (κ2) is 4.82. The fraction of sp³-hybridized carbons (Fsp3) is 0.222. The fourth-order valence-electron chi connectivity index (χ4n) is 1.07. The first-order valence-corrected chi connectivity index (χ1v) is 5.22. The van der Waals surface area contributed by atoms with Crippen LogP contribution in [-0.2, 0) is 6.18 Å². The van der Waals surface area contributed by atoms with Crippen molar-refractivity contribution in [1.29, 1.82) is 0 Å². The summed E-state index contributed by atoms with van der Waals surface area (Å²) in [6, 6.07) is 1.72. The van der Waals surface area contributed by atoms with Crippen LogP contribution in [0.3, 0.4) is 0 Å². The predicted octanol–water partition coefficient (Wildman–Crippen LogP) is 4.43. The van der Waals surface area contributed by atoms with Gasteiger partial charge in [0.05, 0.1) is 16.5 Å². The van der Waals surface area contributed by atoms with Crippen LogP contribution in [0.25, 0.3) is 0 Å². The Labute approximate surface area is 104 Å². The standard InChI is InChI=1S/C9H4Cl3F3O/c10-3-7(16)5-1-4(11)2-6(8(5)12)9(13,14)15/h1-2H,3H2. The first-order valence-electron chi connectivity index (χ1n) is 3.92. The third-order valence-electron chi connectivity index (χ3n) is 1.76. The molecule has 16 heavy (non-hydrogen) atoms. The van der Waals surface area contributed by atoms with Crippen molar-refractivity contribution in [2.45, 2.75) is 6.18 Å².